The first kappa shape index (κ1) is 14.8. The van der Waals surface area contributed by atoms with Gasteiger partial charge < -0.3 is 10.1 Å². The van der Waals surface area contributed by atoms with Crippen molar-refractivity contribution in [3.05, 3.63) is 42.1 Å². The fraction of sp³-hybridized carbons (Fsp3) is 0.471. The number of nitrogens with one attached hydrogen (secondary N) is 1. The van der Waals surface area contributed by atoms with Crippen molar-refractivity contribution in [1.29, 1.82) is 0 Å². The minimum absolute atomic E-state index is 0.329. The van der Waals surface area contributed by atoms with E-state index < -0.39 is 0 Å². The van der Waals surface area contributed by atoms with Crippen LogP contribution in [0.1, 0.15) is 39.3 Å². The van der Waals surface area contributed by atoms with Crippen molar-refractivity contribution in [3.63, 3.8) is 0 Å². The average Bonchev–Trinajstić information content (AvgIpc) is 2.46. The Bertz CT molecular complexity index is 503. The molecule has 3 heteroatoms. The molecule has 1 aromatic rings. The first-order chi connectivity index (χ1) is 9.61. The van der Waals surface area contributed by atoms with Gasteiger partial charge in [-0.25, -0.2) is 4.98 Å². The summed E-state index contributed by atoms with van der Waals surface area (Å²) in [6.07, 6.45) is 8.46. The lowest BCUT2D eigenvalue weighted by atomic mass is 10.1. The Morgan fingerprint density at radius 2 is 2.25 bits per heavy atom. The summed E-state index contributed by atoms with van der Waals surface area (Å²) in [5, 5.41) is 3.32. The van der Waals surface area contributed by atoms with Crippen molar-refractivity contribution >= 4 is 5.57 Å². The fourth-order valence-corrected chi connectivity index (χ4v) is 2.21. The van der Waals surface area contributed by atoms with Crippen LogP contribution in [0.3, 0.4) is 0 Å². The quantitative estimate of drug-likeness (QED) is 0.832. The second-order valence-corrected chi connectivity index (χ2v) is 5.56. The van der Waals surface area contributed by atoms with Crippen molar-refractivity contribution in [2.45, 2.75) is 39.2 Å². The number of ether oxygens (including phenoxy) is 1. The number of rotatable bonds is 5. The summed E-state index contributed by atoms with van der Waals surface area (Å²) in [5.74, 6) is 0.688. The van der Waals surface area contributed by atoms with Crippen LogP contribution in [0.2, 0.25) is 0 Å². The van der Waals surface area contributed by atoms with E-state index in [1.165, 1.54) is 5.57 Å². The summed E-state index contributed by atoms with van der Waals surface area (Å²) < 4.78 is 5.99. The summed E-state index contributed by atoms with van der Waals surface area (Å²) in [7, 11) is 0. The molecule has 0 atom stereocenters. The molecule has 0 radical (unpaired) electrons. The van der Waals surface area contributed by atoms with Crippen molar-refractivity contribution in [2.75, 3.05) is 13.1 Å². The summed E-state index contributed by atoms with van der Waals surface area (Å²) >= 11 is 0. The molecule has 3 nitrogen and oxygen atoms in total. The highest BCUT2D eigenvalue weighted by molar-refractivity contribution is 5.63. The fourth-order valence-electron chi connectivity index (χ4n) is 2.21. The van der Waals surface area contributed by atoms with Crippen LogP contribution in [0.25, 0.3) is 5.57 Å². The average molecular weight is 272 g/mol. The van der Waals surface area contributed by atoms with Crippen LogP contribution in [-0.4, -0.2) is 23.7 Å². The van der Waals surface area contributed by atoms with E-state index in [9.17, 15) is 0 Å². The molecular weight excluding hydrogens is 248 g/mol. The van der Waals surface area contributed by atoms with Gasteiger partial charge in [0.1, 0.15) is 5.60 Å². The number of aromatic nitrogens is 1. The molecule has 2 heterocycles. The molecule has 1 N–H and O–H groups in total. The number of pyridine rings is 1. The molecule has 0 aromatic carbocycles. The van der Waals surface area contributed by atoms with Crippen LogP contribution < -0.4 is 10.1 Å². The van der Waals surface area contributed by atoms with E-state index in [0.29, 0.717) is 5.88 Å². The smallest absolute Gasteiger partial charge is 0.214 e. The highest BCUT2D eigenvalue weighted by Gasteiger charge is 2.17. The van der Waals surface area contributed by atoms with Crippen LogP contribution >= 0.6 is 0 Å². The molecule has 2 rings (SSSR count). The van der Waals surface area contributed by atoms with Gasteiger partial charge >= 0.3 is 0 Å². The standard InChI is InChI=1S/C17H24N2O/c1-4-5-11-17(2,3)20-16-8-6-7-15(19-16)14-9-12-18-13-10-14/h5-9,11,18H,4,10,12-13H2,1-3H3/b11-5-. The molecule has 1 aliphatic heterocycles. The maximum atomic E-state index is 5.99. The molecule has 0 amide bonds. The molecule has 0 saturated heterocycles. The molecular formula is C17H24N2O. The van der Waals surface area contributed by atoms with Gasteiger partial charge in [-0.3, -0.25) is 0 Å². The van der Waals surface area contributed by atoms with Gasteiger partial charge in [0.15, 0.2) is 0 Å². The Kier molecular flexibility index (Phi) is 4.96. The van der Waals surface area contributed by atoms with E-state index in [4.69, 9.17) is 4.74 Å². The van der Waals surface area contributed by atoms with Gasteiger partial charge in [-0.1, -0.05) is 25.1 Å². The van der Waals surface area contributed by atoms with Crippen LogP contribution in [0.4, 0.5) is 0 Å². The predicted octanol–water partition coefficient (Wildman–Crippen LogP) is 3.58. The van der Waals surface area contributed by atoms with Gasteiger partial charge in [-0.2, -0.15) is 0 Å². The lowest BCUT2D eigenvalue weighted by molar-refractivity contribution is 0.154. The Labute approximate surface area is 121 Å². The van der Waals surface area contributed by atoms with E-state index in [-0.39, 0.29) is 5.60 Å². The molecule has 108 valence electrons. The Balaban J connectivity index is 2.13. The topological polar surface area (TPSA) is 34.1 Å². The van der Waals surface area contributed by atoms with Gasteiger partial charge in [0.25, 0.3) is 0 Å². The van der Waals surface area contributed by atoms with Gasteiger partial charge in [-0.15, -0.1) is 0 Å². The highest BCUT2D eigenvalue weighted by atomic mass is 16.5. The largest absolute Gasteiger partial charge is 0.467 e. The number of hydrogen-bond acceptors (Lipinski definition) is 3. The van der Waals surface area contributed by atoms with Gasteiger partial charge in [-0.05, 0) is 50.9 Å². The monoisotopic (exact) mass is 272 g/mol. The van der Waals surface area contributed by atoms with E-state index in [1.54, 1.807) is 0 Å². The number of allylic oxidation sites excluding steroid dienone is 1. The van der Waals surface area contributed by atoms with Crippen LogP contribution in [0.5, 0.6) is 5.88 Å². The molecule has 20 heavy (non-hydrogen) atoms. The molecule has 0 saturated carbocycles. The van der Waals surface area contributed by atoms with Crippen LogP contribution in [0, 0.1) is 0 Å². The predicted molar refractivity (Wildman–Crippen MR) is 83.8 cm³/mol. The first-order valence-electron chi connectivity index (χ1n) is 7.34. The lowest BCUT2D eigenvalue weighted by Gasteiger charge is -2.22. The van der Waals surface area contributed by atoms with E-state index >= 15 is 0 Å². The molecule has 1 aliphatic rings. The third-order valence-electron chi connectivity index (χ3n) is 3.24. The molecule has 1 aromatic heterocycles. The van der Waals surface area contributed by atoms with Crippen molar-refractivity contribution in [3.8, 4) is 5.88 Å². The molecule has 0 fully saturated rings. The number of nitrogens with zero attached hydrogens (tertiary/aromatic N) is 1. The summed E-state index contributed by atoms with van der Waals surface area (Å²) in [6.45, 7) is 8.17. The molecule has 0 aliphatic carbocycles. The molecule has 0 unspecified atom stereocenters. The van der Waals surface area contributed by atoms with Crippen molar-refractivity contribution < 1.29 is 4.74 Å². The Hall–Kier alpha value is -1.61. The molecule has 0 spiro atoms. The zero-order chi connectivity index (χ0) is 14.4. The van der Waals surface area contributed by atoms with Gasteiger partial charge in [0, 0.05) is 12.6 Å². The minimum atomic E-state index is -0.329. The van der Waals surface area contributed by atoms with Crippen LogP contribution in [-0.2, 0) is 0 Å². The van der Waals surface area contributed by atoms with Crippen molar-refractivity contribution in [1.82, 2.24) is 10.3 Å². The van der Waals surface area contributed by atoms with Gasteiger partial charge in [0.2, 0.25) is 5.88 Å². The van der Waals surface area contributed by atoms with E-state index in [1.807, 2.05) is 12.1 Å². The Morgan fingerprint density at radius 3 is 2.95 bits per heavy atom. The second-order valence-electron chi connectivity index (χ2n) is 5.56. The zero-order valence-corrected chi connectivity index (χ0v) is 12.6. The second kappa shape index (κ2) is 6.71. The maximum absolute atomic E-state index is 5.99. The third kappa shape index (κ3) is 4.20. The van der Waals surface area contributed by atoms with Gasteiger partial charge in [0.05, 0.1) is 5.69 Å². The zero-order valence-electron chi connectivity index (χ0n) is 12.6. The van der Waals surface area contributed by atoms with Crippen molar-refractivity contribution in [2.24, 2.45) is 0 Å². The third-order valence-corrected chi connectivity index (χ3v) is 3.24. The van der Waals surface area contributed by atoms with E-state index in [0.717, 1.165) is 31.6 Å². The first-order valence-corrected chi connectivity index (χ1v) is 7.34. The highest BCUT2D eigenvalue weighted by Crippen LogP contribution is 2.22. The maximum Gasteiger partial charge on any atom is 0.214 e. The summed E-state index contributed by atoms with van der Waals surface area (Å²) in [4.78, 5) is 4.64. The van der Waals surface area contributed by atoms with Crippen LogP contribution in [0.15, 0.2) is 36.4 Å². The SMILES string of the molecule is CC/C=C\C(C)(C)Oc1cccc(C2=CCNCC2)n1. The Morgan fingerprint density at radius 1 is 1.40 bits per heavy atom. The lowest BCUT2D eigenvalue weighted by Crippen LogP contribution is -2.25. The molecule has 0 bridgehead atoms. The summed E-state index contributed by atoms with van der Waals surface area (Å²) in [6, 6.07) is 5.99. The minimum Gasteiger partial charge on any atom is -0.467 e. The van der Waals surface area contributed by atoms with E-state index in [2.05, 4.69) is 55.4 Å². The normalized spacial score (nSPS) is 16.2. The number of hydrogen-bond donors (Lipinski definition) is 1. The summed E-state index contributed by atoms with van der Waals surface area (Å²) in [5.41, 5.74) is 2.00.